The Balaban J connectivity index is 1.75. The molecular formula is C16H21N3O4. The Morgan fingerprint density at radius 2 is 1.91 bits per heavy atom. The maximum absolute atomic E-state index is 12.1. The standard InChI is InChI=1S/C16H21N3O4/c1-23-16(22)18-8-7-17-15(21)13-9-14(20)19(11-13)10-12-5-3-2-4-6-12/h2-6,13H,7-11H2,1H3,(H,17,21)(H,18,22). The van der Waals surface area contributed by atoms with Gasteiger partial charge in [0.05, 0.1) is 13.0 Å². The summed E-state index contributed by atoms with van der Waals surface area (Å²) < 4.78 is 4.43. The lowest BCUT2D eigenvalue weighted by atomic mass is 10.1. The smallest absolute Gasteiger partial charge is 0.406 e. The van der Waals surface area contributed by atoms with Crippen LogP contribution in [0.3, 0.4) is 0 Å². The number of hydrogen-bond acceptors (Lipinski definition) is 4. The first-order chi connectivity index (χ1) is 11.1. The van der Waals surface area contributed by atoms with Crippen molar-refractivity contribution in [3.8, 4) is 0 Å². The van der Waals surface area contributed by atoms with Gasteiger partial charge >= 0.3 is 6.09 Å². The summed E-state index contributed by atoms with van der Waals surface area (Å²) in [4.78, 5) is 36.7. The van der Waals surface area contributed by atoms with Crippen LogP contribution >= 0.6 is 0 Å². The van der Waals surface area contributed by atoms with E-state index in [-0.39, 0.29) is 30.7 Å². The van der Waals surface area contributed by atoms with Crippen molar-refractivity contribution in [3.05, 3.63) is 35.9 Å². The van der Waals surface area contributed by atoms with Crippen LogP contribution in [0.25, 0.3) is 0 Å². The van der Waals surface area contributed by atoms with Gasteiger partial charge in [0.1, 0.15) is 0 Å². The SMILES string of the molecule is COC(=O)NCCNC(=O)C1CC(=O)N(Cc2ccccc2)C1. The molecule has 1 heterocycles. The molecule has 1 saturated heterocycles. The summed E-state index contributed by atoms with van der Waals surface area (Å²) in [5.41, 5.74) is 1.05. The summed E-state index contributed by atoms with van der Waals surface area (Å²) >= 11 is 0. The molecule has 1 aliphatic rings. The van der Waals surface area contributed by atoms with E-state index < -0.39 is 6.09 Å². The Morgan fingerprint density at radius 1 is 1.22 bits per heavy atom. The van der Waals surface area contributed by atoms with Gasteiger partial charge in [-0.2, -0.15) is 0 Å². The van der Waals surface area contributed by atoms with Crippen molar-refractivity contribution in [2.75, 3.05) is 26.7 Å². The molecule has 0 bridgehead atoms. The van der Waals surface area contributed by atoms with Gasteiger partial charge in [-0.05, 0) is 5.56 Å². The molecule has 7 heteroatoms. The Hall–Kier alpha value is -2.57. The van der Waals surface area contributed by atoms with E-state index in [4.69, 9.17) is 0 Å². The quantitative estimate of drug-likeness (QED) is 0.748. The number of nitrogens with zero attached hydrogens (tertiary/aromatic N) is 1. The minimum Gasteiger partial charge on any atom is -0.453 e. The third kappa shape index (κ3) is 4.98. The fourth-order valence-corrected chi connectivity index (χ4v) is 2.47. The van der Waals surface area contributed by atoms with Crippen LogP contribution < -0.4 is 10.6 Å². The second-order valence-corrected chi connectivity index (χ2v) is 5.37. The Labute approximate surface area is 135 Å². The summed E-state index contributed by atoms with van der Waals surface area (Å²) in [6, 6.07) is 9.69. The van der Waals surface area contributed by atoms with Gasteiger partial charge in [-0.15, -0.1) is 0 Å². The second-order valence-electron chi connectivity index (χ2n) is 5.37. The van der Waals surface area contributed by atoms with Gasteiger partial charge < -0.3 is 20.3 Å². The van der Waals surface area contributed by atoms with Crippen LogP contribution in [-0.2, 0) is 20.9 Å². The highest BCUT2D eigenvalue weighted by Crippen LogP contribution is 2.20. The first kappa shape index (κ1) is 16.8. The highest BCUT2D eigenvalue weighted by Gasteiger charge is 2.33. The van der Waals surface area contributed by atoms with Crippen LogP contribution in [0.1, 0.15) is 12.0 Å². The molecule has 1 atom stereocenters. The highest BCUT2D eigenvalue weighted by atomic mass is 16.5. The molecule has 0 saturated carbocycles. The van der Waals surface area contributed by atoms with Gasteiger partial charge in [0.2, 0.25) is 11.8 Å². The number of methoxy groups -OCH3 is 1. The average Bonchev–Trinajstić information content (AvgIpc) is 2.93. The number of benzene rings is 1. The zero-order valence-corrected chi connectivity index (χ0v) is 13.1. The number of amides is 3. The van der Waals surface area contributed by atoms with Gasteiger partial charge in [-0.1, -0.05) is 30.3 Å². The van der Waals surface area contributed by atoms with Crippen molar-refractivity contribution in [3.63, 3.8) is 0 Å². The minimum absolute atomic E-state index is 0.0123. The number of hydrogen-bond donors (Lipinski definition) is 2. The van der Waals surface area contributed by atoms with Gasteiger partial charge in [0, 0.05) is 32.6 Å². The molecular weight excluding hydrogens is 298 g/mol. The molecule has 124 valence electrons. The molecule has 0 spiro atoms. The molecule has 1 fully saturated rings. The van der Waals surface area contributed by atoms with Gasteiger partial charge in [0.15, 0.2) is 0 Å². The van der Waals surface area contributed by atoms with E-state index in [2.05, 4.69) is 15.4 Å². The van der Waals surface area contributed by atoms with Crippen molar-refractivity contribution >= 4 is 17.9 Å². The van der Waals surface area contributed by atoms with E-state index in [9.17, 15) is 14.4 Å². The summed E-state index contributed by atoms with van der Waals surface area (Å²) in [5.74, 6) is -0.522. The molecule has 3 amide bonds. The summed E-state index contributed by atoms with van der Waals surface area (Å²) in [6.45, 7) is 1.53. The molecule has 0 aromatic heterocycles. The molecule has 1 unspecified atom stereocenters. The molecule has 1 aromatic rings. The molecule has 1 aliphatic heterocycles. The molecule has 1 aromatic carbocycles. The average molecular weight is 319 g/mol. The fourth-order valence-electron chi connectivity index (χ4n) is 2.47. The molecule has 0 radical (unpaired) electrons. The lowest BCUT2D eigenvalue weighted by Crippen LogP contribution is -2.38. The number of ether oxygens (including phenoxy) is 1. The maximum atomic E-state index is 12.1. The monoisotopic (exact) mass is 319 g/mol. The Bertz CT molecular complexity index is 562. The third-order valence-electron chi connectivity index (χ3n) is 3.68. The number of carbonyl (C=O) groups is 3. The highest BCUT2D eigenvalue weighted by molar-refractivity contribution is 5.89. The fraction of sp³-hybridized carbons (Fsp3) is 0.438. The predicted octanol–water partition coefficient (Wildman–Crippen LogP) is 0.507. The van der Waals surface area contributed by atoms with Crippen LogP contribution in [-0.4, -0.2) is 49.6 Å². The third-order valence-corrected chi connectivity index (χ3v) is 3.68. The van der Waals surface area contributed by atoms with Gasteiger partial charge in [-0.25, -0.2) is 4.79 Å². The van der Waals surface area contributed by atoms with E-state index in [1.54, 1.807) is 4.90 Å². The van der Waals surface area contributed by atoms with Crippen molar-refractivity contribution in [1.29, 1.82) is 0 Å². The van der Waals surface area contributed by atoms with E-state index in [0.29, 0.717) is 19.6 Å². The van der Waals surface area contributed by atoms with Crippen molar-refractivity contribution < 1.29 is 19.1 Å². The molecule has 2 N–H and O–H groups in total. The Morgan fingerprint density at radius 3 is 2.61 bits per heavy atom. The van der Waals surface area contributed by atoms with Crippen LogP contribution in [0.5, 0.6) is 0 Å². The number of carbonyl (C=O) groups excluding carboxylic acids is 3. The van der Waals surface area contributed by atoms with Crippen LogP contribution in [0.4, 0.5) is 4.79 Å². The number of alkyl carbamates (subject to hydrolysis) is 1. The molecule has 0 aliphatic carbocycles. The summed E-state index contributed by atoms with van der Waals surface area (Å²) in [7, 11) is 1.28. The predicted molar refractivity (Wildman–Crippen MR) is 83.4 cm³/mol. The van der Waals surface area contributed by atoms with Gasteiger partial charge in [0.25, 0.3) is 0 Å². The van der Waals surface area contributed by atoms with Crippen LogP contribution in [0.15, 0.2) is 30.3 Å². The molecule has 7 nitrogen and oxygen atoms in total. The molecule has 2 rings (SSSR count). The maximum Gasteiger partial charge on any atom is 0.406 e. The van der Waals surface area contributed by atoms with E-state index in [1.807, 2.05) is 30.3 Å². The largest absolute Gasteiger partial charge is 0.453 e. The number of likely N-dealkylation sites (tertiary alicyclic amines) is 1. The Kier molecular flexibility index (Phi) is 5.96. The number of rotatable bonds is 6. The second kappa shape index (κ2) is 8.17. The van der Waals surface area contributed by atoms with Crippen LogP contribution in [0, 0.1) is 5.92 Å². The van der Waals surface area contributed by atoms with E-state index >= 15 is 0 Å². The normalized spacial score (nSPS) is 17.0. The van der Waals surface area contributed by atoms with Gasteiger partial charge in [-0.3, -0.25) is 9.59 Å². The topological polar surface area (TPSA) is 87.7 Å². The summed E-state index contributed by atoms with van der Waals surface area (Å²) in [5, 5.41) is 5.20. The van der Waals surface area contributed by atoms with Crippen molar-refractivity contribution in [1.82, 2.24) is 15.5 Å². The van der Waals surface area contributed by atoms with Crippen molar-refractivity contribution in [2.45, 2.75) is 13.0 Å². The van der Waals surface area contributed by atoms with Crippen LogP contribution in [0.2, 0.25) is 0 Å². The first-order valence-corrected chi connectivity index (χ1v) is 7.51. The number of nitrogens with one attached hydrogen (secondary N) is 2. The van der Waals surface area contributed by atoms with E-state index in [1.165, 1.54) is 7.11 Å². The van der Waals surface area contributed by atoms with E-state index in [0.717, 1.165) is 5.56 Å². The lowest BCUT2D eigenvalue weighted by Gasteiger charge is -2.16. The van der Waals surface area contributed by atoms with Crippen molar-refractivity contribution in [2.24, 2.45) is 5.92 Å². The minimum atomic E-state index is -0.538. The molecule has 23 heavy (non-hydrogen) atoms. The lowest BCUT2D eigenvalue weighted by molar-refractivity contribution is -0.129. The first-order valence-electron chi connectivity index (χ1n) is 7.51. The zero-order valence-electron chi connectivity index (χ0n) is 13.1. The summed E-state index contributed by atoms with van der Waals surface area (Å²) in [6.07, 6.45) is -0.312. The zero-order chi connectivity index (χ0) is 16.7.